The highest BCUT2D eigenvalue weighted by atomic mass is 16.3. The summed E-state index contributed by atoms with van der Waals surface area (Å²) < 4.78 is 0. The molecule has 1 rings (SSSR count). The molecule has 3 N–H and O–H groups in total. The fourth-order valence-corrected chi connectivity index (χ4v) is 2.23. The van der Waals surface area contributed by atoms with E-state index in [2.05, 4.69) is 13.8 Å². The van der Waals surface area contributed by atoms with Crippen LogP contribution in [0.5, 0.6) is 0 Å². The van der Waals surface area contributed by atoms with Crippen molar-refractivity contribution in [2.24, 2.45) is 11.7 Å². The molecule has 0 amide bonds. The third-order valence-corrected chi connectivity index (χ3v) is 2.98. The molecule has 0 aromatic carbocycles. The predicted molar refractivity (Wildman–Crippen MR) is 46.2 cm³/mol. The zero-order valence-electron chi connectivity index (χ0n) is 7.51. The SMILES string of the molecule is CCC(CC)C1(O)CC(N)C1. The van der Waals surface area contributed by atoms with Gasteiger partial charge in [0, 0.05) is 6.04 Å². The third kappa shape index (κ3) is 1.57. The van der Waals surface area contributed by atoms with Crippen molar-refractivity contribution >= 4 is 0 Å². The smallest absolute Gasteiger partial charge is 0.0705 e. The average molecular weight is 157 g/mol. The topological polar surface area (TPSA) is 46.2 Å². The van der Waals surface area contributed by atoms with Gasteiger partial charge in [-0.25, -0.2) is 0 Å². The van der Waals surface area contributed by atoms with E-state index in [0.717, 1.165) is 25.7 Å². The largest absolute Gasteiger partial charge is 0.389 e. The van der Waals surface area contributed by atoms with Gasteiger partial charge in [0.1, 0.15) is 0 Å². The van der Waals surface area contributed by atoms with Crippen LogP contribution in [0.2, 0.25) is 0 Å². The second-order valence-electron chi connectivity index (χ2n) is 3.79. The van der Waals surface area contributed by atoms with Gasteiger partial charge in [0.15, 0.2) is 0 Å². The van der Waals surface area contributed by atoms with Crippen molar-refractivity contribution in [1.29, 1.82) is 0 Å². The molecule has 0 bridgehead atoms. The molecule has 0 aromatic heterocycles. The summed E-state index contributed by atoms with van der Waals surface area (Å²) in [5, 5.41) is 9.96. The van der Waals surface area contributed by atoms with E-state index in [9.17, 15) is 5.11 Å². The monoisotopic (exact) mass is 157 g/mol. The van der Waals surface area contributed by atoms with Crippen LogP contribution in [0.1, 0.15) is 39.5 Å². The Labute approximate surface area is 68.8 Å². The second-order valence-corrected chi connectivity index (χ2v) is 3.79. The van der Waals surface area contributed by atoms with E-state index in [4.69, 9.17) is 5.73 Å². The van der Waals surface area contributed by atoms with Crippen LogP contribution in [0.25, 0.3) is 0 Å². The molecule has 0 unspecified atom stereocenters. The zero-order chi connectivity index (χ0) is 8.48. The first-order valence-corrected chi connectivity index (χ1v) is 4.60. The van der Waals surface area contributed by atoms with E-state index in [1.165, 1.54) is 0 Å². The van der Waals surface area contributed by atoms with Crippen molar-refractivity contribution in [3.63, 3.8) is 0 Å². The maximum absolute atomic E-state index is 9.96. The molecular formula is C9H19NO. The number of hydrogen-bond donors (Lipinski definition) is 2. The van der Waals surface area contributed by atoms with Gasteiger partial charge in [0.25, 0.3) is 0 Å². The lowest BCUT2D eigenvalue weighted by atomic mass is 9.66. The second kappa shape index (κ2) is 3.11. The highest BCUT2D eigenvalue weighted by molar-refractivity contribution is 5.00. The lowest BCUT2D eigenvalue weighted by Crippen LogP contribution is -2.55. The molecule has 2 nitrogen and oxygen atoms in total. The van der Waals surface area contributed by atoms with Gasteiger partial charge in [-0.3, -0.25) is 0 Å². The normalized spacial score (nSPS) is 37.4. The van der Waals surface area contributed by atoms with Crippen LogP contribution in [-0.4, -0.2) is 16.7 Å². The number of nitrogens with two attached hydrogens (primary N) is 1. The summed E-state index contributed by atoms with van der Waals surface area (Å²) in [5.74, 6) is 0.460. The lowest BCUT2D eigenvalue weighted by Gasteiger charge is -2.46. The Hall–Kier alpha value is -0.0800. The van der Waals surface area contributed by atoms with Crippen molar-refractivity contribution in [3.05, 3.63) is 0 Å². The van der Waals surface area contributed by atoms with Gasteiger partial charge in [-0.1, -0.05) is 26.7 Å². The third-order valence-electron chi connectivity index (χ3n) is 2.98. The molecule has 0 heterocycles. The molecule has 66 valence electrons. The van der Waals surface area contributed by atoms with Crippen LogP contribution < -0.4 is 5.73 Å². The summed E-state index contributed by atoms with van der Waals surface area (Å²) in [6.07, 6.45) is 3.75. The van der Waals surface area contributed by atoms with Gasteiger partial charge < -0.3 is 10.8 Å². The van der Waals surface area contributed by atoms with Gasteiger partial charge >= 0.3 is 0 Å². The molecule has 2 heteroatoms. The minimum Gasteiger partial charge on any atom is -0.389 e. The van der Waals surface area contributed by atoms with Crippen LogP contribution in [0.4, 0.5) is 0 Å². The first kappa shape index (κ1) is 9.01. The Kier molecular flexibility index (Phi) is 2.55. The highest BCUT2D eigenvalue weighted by Gasteiger charge is 2.45. The van der Waals surface area contributed by atoms with Gasteiger partial charge in [0.2, 0.25) is 0 Å². The maximum atomic E-state index is 9.96. The lowest BCUT2D eigenvalue weighted by molar-refractivity contribution is -0.0965. The minimum atomic E-state index is -0.414. The molecule has 1 saturated carbocycles. The molecular weight excluding hydrogens is 138 g/mol. The van der Waals surface area contributed by atoms with E-state index < -0.39 is 5.60 Å². The molecule has 1 aliphatic carbocycles. The zero-order valence-corrected chi connectivity index (χ0v) is 7.51. The quantitative estimate of drug-likeness (QED) is 0.648. The molecule has 0 aliphatic heterocycles. The summed E-state index contributed by atoms with van der Waals surface area (Å²) in [7, 11) is 0. The van der Waals surface area contributed by atoms with Crippen LogP contribution in [-0.2, 0) is 0 Å². The van der Waals surface area contributed by atoms with Crippen molar-refractivity contribution < 1.29 is 5.11 Å². The van der Waals surface area contributed by atoms with Crippen molar-refractivity contribution in [2.75, 3.05) is 0 Å². The van der Waals surface area contributed by atoms with Crippen LogP contribution in [0.3, 0.4) is 0 Å². The van der Waals surface area contributed by atoms with E-state index in [0.29, 0.717) is 5.92 Å². The van der Waals surface area contributed by atoms with Crippen molar-refractivity contribution in [3.8, 4) is 0 Å². The van der Waals surface area contributed by atoms with Gasteiger partial charge in [-0.15, -0.1) is 0 Å². The van der Waals surface area contributed by atoms with Crippen LogP contribution in [0.15, 0.2) is 0 Å². The molecule has 0 spiro atoms. The Morgan fingerprint density at radius 1 is 1.45 bits per heavy atom. The first-order chi connectivity index (χ1) is 5.12. The number of hydrogen-bond acceptors (Lipinski definition) is 2. The minimum absolute atomic E-state index is 0.251. The Morgan fingerprint density at radius 2 is 1.91 bits per heavy atom. The summed E-state index contributed by atoms with van der Waals surface area (Å²) in [5.41, 5.74) is 5.23. The molecule has 0 radical (unpaired) electrons. The summed E-state index contributed by atoms with van der Waals surface area (Å²) in [6.45, 7) is 4.27. The van der Waals surface area contributed by atoms with Gasteiger partial charge in [0.05, 0.1) is 5.60 Å². The fraction of sp³-hybridized carbons (Fsp3) is 1.00. The molecule has 1 aliphatic rings. The summed E-state index contributed by atoms with van der Waals surface area (Å²) in [4.78, 5) is 0. The molecule has 11 heavy (non-hydrogen) atoms. The fourth-order valence-electron chi connectivity index (χ4n) is 2.23. The number of aliphatic hydroxyl groups is 1. The average Bonchev–Trinajstić information content (AvgIpc) is 1.87. The molecule has 0 saturated heterocycles. The molecule has 1 fully saturated rings. The van der Waals surface area contributed by atoms with E-state index in [-0.39, 0.29) is 6.04 Å². The summed E-state index contributed by atoms with van der Waals surface area (Å²) in [6, 6.07) is 0.251. The molecule has 0 aromatic rings. The Bertz CT molecular complexity index is 126. The number of rotatable bonds is 3. The molecule has 0 atom stereocenters. The predicted octanol–water partition coefficient (Wildman–Crippen LogP) is 1.27. The highest BCUT2D eigenvalue weighted by Crippen LogP contribution is 2.40. The van der Waals surface area contributed by atoms with Crippen molar-refractivity contribution in [2.45, 2.75) is 51.2 Å². The standard InChI is InChI=1S/C9H19NO/c1-3-7(4-2)9(11)5-8(10)6-9/h7-8,11H,3-6,10H2,1-2H3. The van der Waals surface area contributed by atoms with E-state index >= 15 is 0 Å². The van der Waals surface area contributed by atoms with Gasteiger partial charge in [-0.05, 0) is 18.8 Å². The van der Waals surface area contributed by atoms with Crippen LogP contribution in [0, 0.1) is 5.92 Å². The Morgan fingerprint density at radius 3 is 2.18 bits per heavy atom. The summed E-state index contributed by atoms with van der Waals surface area (Å²) >= 11 is 0. The maximum Gasteiger partial charge on any atom is 0.0705 e. The van der Waals surface area contributed by atoms with E-state index in [1.807, 2.05) is 0 Å². The van der Waals surface area contributed by atoms with Gasteiger partial charge in [-0.2, -0.15) is 0 Å². The first-order valence-electron chi connectivity index (χ1n) is 4.60. The van der Waals surface area contributed by atoms with Crippen LogP contribution >= 0.6 is 0 Å². The van der Waals surface area contributed by atoms with Crippen molar-refractivity contribution in [1.82, 2.24) is 0 Å². The Balaban J connectivity index is 2.44. The van der Waals surface area contributed by atoms with E-state index in [1.54, 1.807) is 0 Å².